The van der Waals surface area contributed by atoms with Gasteiger partial charge in [-0.2, -0.15) is 0 Å². The maximum atomic E-state index is 10.6. The Bertz CT molecular complexity index is 877. The Morgan fingerprint density at radius 1 is 0.861 bits per heavy atom. The minimum absolute atomic E-state index is 0.0981. The number of hydrogen-bond donors (Lipinski definition) is 2. The normalized spacial score (nSPS) is 58.6. The van der Waals surface area contributed by atoms with Crippen LogP contribution in [-0.2, 0) is 4.74 Å². The summed E-state index contributed by atoms with van der Waals surface area (Å²) in [6.45, 7) is 26.6. The van der Waals surface area contributed by atoms with E-state index in [0.717, 1.165) is 38.1 Å². The predicted octanol–water partition coefficient (Wildman–Crippen LogP) is 8.10. The van der Waals surface area contributed by atoms with Gasteiger partial charge in [0.05, 0.1) is 11.7 Å². The standard InChI is InChI=1S/C33H59NO2/c1-23-12-17-33(34-21-23)24(2)32(10)29(7,26(3,4)22-31(32,9)36-33)19-18-27(5)14-11-15-28(6)20-25(35)13-16-30(27,28)8/h23-25,34-35H,11-22H2,1-10H3/t23-,24-,25-,27+,28-,29-,30+,31-,32+,33-/m0/s1. The third kappa shape index (κ3) is 3.21. The molecule has 0 bridgehead atoms. The number of fused-ring (bicyclic) bond motifs is 2. The highest BCUT2D eigenvalue weighted by molar-refractivity contribution is 5.25. The number of nitrogens with one attached hydrogen (secondary N) is 1. The summed E-state index contributed by atoms with van der Waals surface area (Å²) in [5.41, 5.74) is 1.18. The van der Waals surface area contributed by atoms with Crippen molar-refractivity contribution < 1.29 is 9.84 Å². The summed E-state index contributed by atoms with van der Waals surface area (Å²) in [7, 11) is 0. The molecule has 1 spiro atoms. The molecule has 3 heteroatoms. The Labute approximate surface area is 223 Å². The van der Waals surface area contributed by atoms with Crippen molar-refractivity contribution in [3.8, 4) is 0 Å². The van der Waals surface area contributed by atoms with E-state index < -0.39 is 0 Å². The van der Waals surface area contributed by atoms with Crippen LogP contribution in [0.5, 0.6) is 0 Å². The fourth-order valence-electron chi connectivity index (χ4n) is 11.7. The van der Waals surface area contributed by atoms with E-state index in [4.69, 9.17) is 4.74 Å². The molecule has 0 amide bonds. The van der Waals surface area contributed by atoms with Crippen molar-refractivity contribution in [2.45, 2.75) is 157 Å². The fourth-order valence-corrected chi connectivity index (χ4v) is 11.7. The van der Waals surface area contributed by atoms with Crippen molar-refractivity contribution in [1.82, 2.24) is 5.32 Å². The SMILES string of the molecule is C[C@H]1CC[C@]2(NC1)O[C@@]1(C)CC(C)(C)[C@](C)(CC[C@@]3(C)CCC[C@@]4(C)C[C@@H](O)CC[C@]34C)[C@@]1(C)[C@@H]2C. The lowest BCUT2D eigenvalue weighted by Crippen LogP contribution is -2.59. The number of aliphatic hydroxyl groups is 1. The van der Waals surface area contributed by atoms with E-state index in [1.165, 1.54) is 44.9 Å². The van der Waals surface area contributed by atoms with Gasteiger partial charge in [0.25, 0.3) is 0 Å². The maximum Gasteiger partial charge on any atom is 0.123 e. The van der Waals surface area contributed by atoms with Gasteiger partial charge in [0, 0.05) is 17.9 Å². The van der Waals surface area contributed by atoms with E-state index in [1.807, 2.05) is 0 Å². The lowest BCUT2D eigenvalue weighted by Gasteiger charge is -2.64. The van der Waals surface area contributed by atoms with Crippen LogP contribution < -0.4 is 5.32 Å². The molecule has 0 aromatic heterocycles. The van der Waals surface area contributed by atoms with Crippen molar-refractivity contribution in [2.75, 3.05) is 6.54 Å². The Morgan fingerprint density at radius 3 is 2.19 bits per heavy atom. The first-order valence-electron chi connectivity index (χ1n) is 15.6. The first-order chi connectivity index (χ1) is 16.4. The lowest BCUT2D eigenvalue weighted by molar-refractivity contribution is -0.164. The average molecular weight is 502 g/mol. The zero-order valence-corrected chi connectivity index (χ0v) is 25.6. The first kappa shape index (κ1) is 27.4. The smallest absolute Gasteiger partial charge is 0.123 e. The third-order valence-electron chi connectivity index (χ3n) is 15.2. The summed E-state index contributed by atoms with van der Waals surface area (Å²) in [4.78, 5) is 0. The highest BCUT2D eigenvalue weighted by Gasteiger charge is 2.78. The molecule has 5 aliphatic rings. The van der Waals surface area contributed by atoms with Crippen molar-refractivity contribution in [2.24, 2.45) is 44.3 Å². The molecule has 0 aromatic carbocycles. The Hall–Kier alpha value is -0.120. The number of hydrogen-bond acceptors (Lipinski definition) is 3. The highest BCUT2D eigenvalue weighted by atomic mass is 16.5. The first-order valence-corrected chi connectivity index (χ1v) is 15.6. The Morgan fingerprint density at radius 2 is 1.56 bits per heavy atom. The van der Waals surface area contributed by atoms with Gasteiger partial charge in [0.2, 0.25) is 0 Å². The van der Waals surface area contributed by atoms with Crippen LogP contribution in [0.1, 0.15) is 140 Å². The molecule has 2 N–H and O–H groups in total. The van der Waals surface area contributed by atoms with Crippen molar-refractivity contribution in [3.63, 3.8) is 0 Å². The molecule has 5 fully saturated rings. The van der Waals surface area contributed by atoms with Crippen LogP contribution in [0, 0.1) is 44.3 Å². The van der Waals surface area contributed by atoms with E-state index in [1.54, 1.807) is 0 Å². The summed E-state index contributed by atoms with van der Waals surface area (Å²) in [5.74, 6) is 1.23. The van der Waals surface area contributed by atoms with Crippen LogP contribution in [0.2, 0.25) is 0 Å². The van der Waals surface area contributed by atoms with Crippen LogP contribution in [0.3, 0.4) is 0 Å². The number of rotatable bonds is 3. The van der Waals surface area contributed by atoms with Crippen LogP contribution in [0.4, 0.5) is 0 Å². The molecule has 2 saturated heterocycles. The molecule has 3 aliphatic carbocycles. The van der Waals surface area contributed by atoms with Crippen molar-refractivity contribution in [1.29, 1.82) is 0 Å². The summed E-state index contributed by atoms with van der Waals surface area (Å²) < 4.78 is 7.31. The zero-order chi connectivity index (χ0) is 26.6. The van der Waals surface area contributed by atoms with Crippen LogP contribution in [0.25, 0.3) is 0 Å². The van der Waals surface area contributed by atoms with Crippen LogP contribution in [-0.4, -0.2) is 29.1 Å². The van der Waals surface area contributed by atoms with Gasteiger partial charge >= 0.3 is 0 Å². The molecule has 0 aromatic rings. The van der Waals surface area contributed by atoms with Gasteiger partial charge in [-0.3, -0.25) is 5.32 Å². The molecular weight excluding hydrogens is 442 g/mol. The summed E-state index contributed by atoms with van der Waals surface area (Å²) in [6.07, 6.45) is 13.1. The van der Waals surface area contributed by atoms with Gasteiger partial charge in [-0.25, -0.2) is 0 Å². The molecule has 2 heterocycles. The maximum absolute atomic E-state index is 10.6. The average Bonchev–Trinajstić information content (AvgIpc) is 3.01. The molecule has 208 valence electrons. The molecule has 5 rings (SSSR count). The fraction of sp³-hybridized carbons (Fsp3) is 1.00. The number of piperidine rings is 1. The summed E-state index contributed by atoms with van der Waals surface area (Å²) in [5, 5.41) is 14.6. The Kier molecular flexibility index (Phi) is 6.08. The molecule has 0 radical (unpaired) electrons. The van der Waals surface area contributed by atoms with Crippen LogP contribution in [0.15, 0.2) is 0 Å². The molecule has 10 atom stereocenters. The highest BCUT2D eigenvalue weighted by Crippen LogP contribution is 2.78. The largest absolute Gasteiger partial charge is 0.393 e. The zero-order valence-electron chi connectivity index (χ0n) is 25.6. The second-order valence-electron chi connectivity index (χ2n) is 16.8. The predicted molar refractivity (Wildman–Crippen MR) is 150 cm³/mol. The summed E-state index contributed by atoms with van der Waals surface area (Å²) >= 11 is 0. The van der Waals surface area contributed by atoms with Gasteiger partial charge in [-0.05, 0) is 104 Å². The van der Waals surface area contributed by atoms with Gasteiger partial charge in [0.1, 0.15) is 5.72 Å². The molecule has 0 unspecified atom stereocenters. The van der Waals surface area contributed by atoms with Gasteiger partial charge in [0.15, 0.2) is 0 Å². The Balaban J connectivity index is 1.48. The molecule has 2 aliphatic heterocycles. The molecule has 3 saturated carbocycles. The molecule has 3 nitrogen and oxygen atoms in total. The number of ether oxygens (including phenoxy) is 1. The lowest BCUT2D eigenvalue weighted by atomic mass is 9.40. The second kappa shape index (κ2) is 7.97. The quantitative estimate of drug-likeness (QED) is 0.410. The summed E-state index contributed by atoms with van der Waals surface area (Å²) in [6, 6.07) is 0. The van der Waals surface area contributed by atoms with Gasteiger partial charge in [-0.15, -0.1) is 0 Å². The minimum atomic E-state index is -0.160. The minimum Gasteiger partial charge on any atom is -0.393 e. The van der Waals surface area contributed by atoms with E-state index in [0.29, 0.717) is 16.7 Å². The molecule has 36 heavy (non-hydrogen) atoms. The van der Waals surface area contributed by atoms with Gasteiger partial charge in [-0.1, -0.05) is 68.7 Å². The van der Waals surface area contributed by atoms with Crippen molar-refractivity contribution >= 4 is 0 Å². The van der Waals surface area contributed by atoms with E-state index in [9.17, 15) is 5.11 Å². The van der Waals surface area contributed by atoms with E-state index >= 15 is 0 Å². The van der Waals surface area contributed by atoms with Gasteiger partial charge < -0.3 is 9.84 Å². The van der Waals surface area contributed by atoms with E-state index in [2.05, 4.69) is 74.6 Å². The monoisotopic (exact) mass is 501 g/mol. The molecular formula is C33H59NO2. The number of aliphatic hydroxyl groups excluding tert-OH is 1. The van der Waals surface area contributed by atoms with Crippen LogP contribution >= 0.6 is 0 Å². The van der Waals surface area contributed by atoms with Crippen molar-refractivity contribution in [3.05, 3.63) is 0 Å². The second-order valence-corrected chi connectivity index (χ2v) is 16.8. The third-order valence-corrected chi connectivity index (χ3v) is 15.2. The topological polar surface area (TPSA) is 41.5 Å². The van der Waals surface area contributed by atoms with E-state index in [-0.39, 0.29) is 39.1 Å².